The fourth-order valence-electron chi connectivity index (χ4n) is 3.07. The van der Waals surface area contributed by atoms with E-state index in [0.717, 1.165) is 58.7 Å². The molecular weight excluding hydrogens is 337 g/mol. The molecule has 1 amide bonds. The number of nitrogens with zero attached hydrogens (tertiary/aromatic N) is 1. The van der Waals surface area contributed by atoms with Crippen LogP contribution in [0.25, 0.3) is 0 Å². The third-order valence-electron chi connectivity index (χ3n) is 4.45. The number of carbonyl (C=O) groups excluding carboxylic acids is 1. The lowest BCUT2D eigenvalue weighted by molar-refractivity contribution is -0.121. The molecule has 1 unspecified atom stereocenters. The van der Waals surface area contributed by atoms with Gasteiger partial charge >= 0.3 is 0 Å². The van der Waals surface area contributed by atoms with Crippen LogP contribution in [-0.2, 0) is 9.53 Å². The van der Waals surface area contributed by atoms with E-state index >= 15 is 0 Å². The zero-order chi connectivity index (χ0) is 15.5. The molecule has 1 saturated heterocycles. The average Bonchev–Trinajstić information content (AvgIpc) is 2.52. The van der Waals surface area contributed by atoms with Crippen molar-refractivity contribution in [2.24, 2.45) is 5.92 Å². The number of hydrogen-bond acceptors (Lipinski definition) is 4. The third kappa shape index (κ3) is 9.72. The van der Waals surface area contributed by atoms with Crippen LogP contribution in [0, 0.1) is 5.92 Å². The van der Waals surface area contributed by atoms with Crippen LogP contribution in [0.4, 0.5) is 0 Å². The lowest BCUT2D eigenvalue weighted by Crippen LogP contribution is -2.52. The summed E-state index contributed by atoms with van der Waals surface area (Å²) in [5.41, 5.74) is 0. The van der Waals surface area contributed by atoms with Crippen LogP contribution in [0.1, 0.15) is 39.5 Å². The smallest absolute Gasteiger partial charge is 0.220 e. The first-order valence-corrected chi connectivity index (χ1v) is 8.46. The van der Waals surface area contributed by atoms with Crippen LogP contribution in [0.2, 0.25) is 0 Å². The SMILES string of the molecule is CCC(CC)C(CNC(=O)CCCNC)N1CCOCC1.Cl.Cl. The standard InChI is InChI=1S/C16H33N3O2.2ClH/c1-4-14(5-2)15(19-9-11-21-12-10-19)13-18-16(20)7-6-8-17-3;;/h14-15,17H,4-13H2,1-3H3,(H,18,20);2*1H. The highest BCUT2D eigenvalue weighted by Crippen LogP contribution is 2.19. The number of amides is 1. The molecule has 23 heavy (non-hydrogen) atoms. The summed E-state index contributed by atoms with van der Waals surface area (Å²) < 4.78 is 5.45. The van der Waals surface area contributed by atoms with Gasteiger partial charge in [-0.1, -0.05) is 26.7 Å². The number of ether oxygens (including phenoxy) is 1. The predicted molar refractivity (Wildman–Crippen MR) is 101 cm³/mol. The van der Waals surface area contributed by atoms with E-state index < -0.39 is 0 Å². The molecule has 0 saturated carbocycles. The molecule has 0 spiro atoms. The Morgan fingerprint density at radius 1 is 1.17 bits per heavy atom. The number of nitrogens with one attached hydrogen (secondary N) is 2. The van der Waals surface area contributed by atoms with Crippen LogP contribution in [0.15, 0.2) is 0 Å². The molecule has 0 aromatic carbocycles. The van der Waals surface area contributed by atoms with Crippen molar-refractivity contribution in [1.82, 2.24) is 15.5 Å². The first kappa shape index (κ1) is 25.2. The lowest BCUT2D eigenvalue weighted by Gasteiger charge is -2.38. The monoisotopic (exact) mass is 371 g/mol. The molecule has 1 fully saturated rings. The highest BCUT2D eigenvalue weighted by molar-refractivity contribution is 5.85. The number of halogens is 2. The van der Waals surface area contributed by atoms with Crippen LogP contribution in [0.3, 0.4) is 0 Å². The Bertz CT molecular complexity index is 286. The largest absolute Gasteiger partial charge is 0.379 e. The van der Waals surface area contributed by atoms with Crippen molar-refractivity contribution in [1.29, 1.82) is 0 Å². The second kappa shape index (κ2) is 15.5. The summed E-state index contributed by atoms with van der Waals surface area (Å²) in [5, 5.41) is 6.21. The van der Waals surface area contributed by atoms with Crippen molar-refractivity contribution >= 4 is 30.7 Å². The molecule has 0 bridgehead atoms. The van der Waals surface area contributed by atoms with E-state index in [2.05, 4.69) is 29.4 Å². The van der Waals surface area contributed by atoms with Gasteiger partial charge in [-0.3, -0.25) is 9.69 Å². The highest BCUT2D eigenvalue weighted by Gasteiger charge is 2.27. The number of carbonyl (C=O) groups is 1. The van der Waals surface area contributed by atoms with Gasteiger partial charge in [0.25, 0.3) is 0 Å². The summed E-state index contributed by atoms with van der Waals surface area (Å²) >= 11 is 0. The minimum absolute atomic E-state index is 0. The van der Waals surface area contributed by atoms with Gasteiger partial charge in [-0.05, 0) is 25.9 Å². The van der Waals surface area contributed by atoms with E-state index in [0.29, 0.717) is 18.4 Å². The van der Waals surface area contributed by atoms with Gasteiger partial charge in [-0.2, -0.15) is 0 Å². The normalized spacial score (nSPS) is 16.3. The van der Waals surface area contributed by atoms with Crippen molar-refractivity contribution in [3.8, 4) is 0 Å². The van der Waals surface area contributed by atoms with Gasteiger partial charge < -0.3 is 15.4 Å². The van der Waals surface area contributed by atoms with E-state index in [-0.39, 0.29) is 30.7 Å². The molecule has 1 aliphatic rings. The molecule has 140 valence electrons. The fourth-order valence-corrected chi connectivity index (χ4v) is 3.07. The first-order chi connectivity index (χ1) is 10.2. The van der Waals surface area contributed by atoms with Gasteiger partial charge in [0.05, 0.1) is 13.2 Å². The van der Waals surface area contributed by atoms with E-state index in [1.807, 2.05) is 7.05 Å². The maximum absolute atomic E-state index is 11.9. The number of morpholine rings is 1. The van der Waals surface area contributed by atoms with E-state index in [1.54, 1.807) is 0 Å². The van der Waals surface area contributed by atoms with Gasteiger partial charge in [0.15, 0.2) is 0 Å². The Morgan fingerprint density at radius 2 is 1.78 bits per heavy atom. The molecule has 0 aromatic heterocycles. The van der Waals surface area contributed by atoms with Crippen LogP contribution >= 0.6 is 24.8 Å². The Hall–Kier alpha value is -0.0700. The number of hydrogen-bond donors (Lipinski definition) is 2. The molecule has 2 N–H and O–H groups in total. The fraction of sp³-hybridized carbons (Fsp3) is 0.938. The van der Waals surface area contributed by atoms with E-state index in [9.17, 15) is 4.79 Å². The van der Waals surface area contributed by atoms with Crippen molar-refractivity contribution in [3.63, 3.8) is 0 Å². The van der Waals surface area contributed by atoms with Crippen LogP contribution in [-0.4, -0.2) is 63.3 Å². The molecule has 7 heteroatoms. The molecule has 0 aliphatic carbocycles. The lowest BCUT2D eigenvalue weighted by atomic mass is 9.92. The van der Waals surface area contributed by atoms with Crippen molar-refractivity contribution < 1.29 is 9.53 Å². The van der Waals surface area contributed by atoms with E-state index in [4.69, 9.17) is 4.74 Å². The van der Waals surface area contributed by atoms with Gasteiger partial charge in [0.1, 0.15) is 0 Å². The van der Waals surface area contributed by atoms with Crippen LogP contribution < -0.4 is 10.6 Å². The minimum atomic E-state index is 0. The maximum Gasteiger partial charge on any atom is 0.220 e. The Balaban J connectivity index is 0. The summed E-state index contributed by atoms with van der Waals surface area (Å²) in [4.78, 5) is 14.4. The predicted octanol–water partition coefficient (Wildman–Crippen LogP) is 2.08. The van der Waals surface area contributed by atoms with Crippen LogP contribution in [0.5, 0.6) is 0 Å². The summed E-state index contributed by atoms with van der Waals surface area (Å²) in [7, 11) is 1.92. The molecule has 5 nitrogen and oxygen atoms in total. The average molecular weight is 372 g/mol. The quantitative estimate of drug-likeness (QED) is 0.577. The van der Waals surface area contributed by atoms with Gasteiger partial charge in [-0.15, -0.1) is 24.8 Å². The molecule has 1 atom stereocenters. The summed E-state index contributed by atoms with van der Waals surface area (Å²) in [5.74, 6) is 0.815. The topological polar surface area (TPSA) is 53.6 Å². The zero-order valence-electron chi connectivity index (χ0n) is 14.8. The van der Waals surface area contributed by atoms with Crippen molar-refractivity contribution in [2.75, 3.05) is 46.4 Å². The summed E-state index contributed by atoms with van der Waals surface area (Å²) in [6.45, 7) is 9.75. The third-order valence-corrected chi connectivity index (χ3v) is 4.45. The minimum Gasteiger partial charge on any atom is -0.379 e. The highest BCUT2D eigenvalue weighted by atomic mass is 35.5. The molecule has 1 rings (SSSR count). The van der Waals surface area contributed by atoms with Gasteiger partial charge in [0.2, 0.25) is 5.91 Å². The van der Waals surface area contributed by atoms with E-state index in [1.165, 1.54) is 0 Å². The second-order valence-corrected chi connectivity index (χ2v) is 5.80. The Labute approximate surface area is 154 Å². The van der Waals surface area contributed by atoms with Crippen molar-refractivity contribution in [3.05, 3.63) is 0 Å². The number of rotatable bonds is 10. The summed E-state index contributed by atoms with van der Waals surface area (Å²) in [6.07, 6.45) is 3.83. The maximum atomic E-state index is 11.9. The molecule has 1 heterocycles. The molecular formula is C16H35Cl2N3O2. The second-order valence-electron chi connectivity index (χ2n) is 5.80. The first-order valence-electron chi connectivity index (χ1n) is 8.46. The molecule has 0 aromatic rings. The Kier molecular flexibility index (Phi) is 16.9. The summed E-state index contributed by atoms with van der Waals surface area (Å²) in [6, 6.07) is 0.442. The molecule has 0 radical (unpaired) electrons. The van der Waals surface area contributed by atoms with Gasteiger partial charge in [-0.25, -0.2) is 0 Å². The van der Waals surface area contributed by atoms with Gasteiger partial charge in [0, 0.05) is 32.1 Å². The van der Waals surface area contributed by atoms with Crippen molar-refractivity contribution in [2.45, 2.75) is 45.6 Å². The molecule has 1 aliphatic heterocycles. The Morgan fingerprint density at radius 3 is 2.30 bits per heavy atom. The zero-order valence-corrected chi connectivity index (χ0v) is 16.4.